The minimum absolute atomic E-state index is 0.201. The summed E-state index contributed by atoms with van der Waals surface area (Å²) in [7, 11) is 0. The molecule has 0 radical (unpaired) electrons. The van der Waals surface area contributed by atoms with Gasteiger partial charge in [0.1, 0.15) is 5.82 Å². The zero-order valence-electron chi connectivity index (χ0n) is 10.5. The number of nitrogens with zero attached hydrogens (tertiary/aromatic N) is 3. The molecule has 2 aromatic rings. The first-order chi connectivity index (χ1) is 7.97. The summed E-state index contributed by atoms with van der Waals surface area (Å²) in [5.41, 5.74) is 8.05. The first-order valence-electron chi connectivity index (χ1n) is 5.68. The van der Waals surface area contributed by atoms with E-state index in [1.165, 1.54) is 0 Å². The van der Waals surface area contributed by atoms with Gasteiger partial charge in [0.25, 0.3) is 0 Å². The van der Waals surface area contributed by atoms with Crippen LogP contribution in [0.15, 0.2) is 30.9 Å². The molecular weight excluding hydrogens is 212 g/mol. The summed E-state index contributed by atoms with van der Waals surface area (Å²) < 4.78 is 2.12. The van der Waals surface area contributed by atoms with E-state index in [1.807, 2.05) is 24.7 Å². The Morgan fingerprint density at radius 1 is 1.35 bits per heavy atom. The average molecular weight is 230 g/mol. The summed E-state index contributed by atoms with van der Waals surface area (Å²) in [5.74, 6) is 0.545. The minimum Gasteiger partial charge on any atom is -0.383 e. The third kappa shape index (κ3) is 2.64. The quantitative estimate of drug-likeness (QED) is 0.862. The Labute approximate surface area is 102 Å². The number of hydrogen-bond acceptors (Lipinski definition) is 3. The molecule has 0 aromatic carbocycles. The molecule has 0 fully saturated rings. The highest BCUT2D eigenvalue weighted by atomic mass is 15.1. The number of pyridine rings is 1. The summed E-state index contributed by atoms with van der Waals surface area (Å²) >= 11 is 0. The zero-order chi connectivity index (χ0) is 12.5. The standard InChI is InChI=1S/C13H18N4/c1-13(2,3)8-17-9-15-7-11(17)10-5-4-6-16-12(10)14/h4-7,9H,8H2,1-3H3,(H2,14,16). The molecule has 0 aliphatic rings. The Bertz CT molecular complexity index is 508. The molecule has 2 aromatic heterocycles. The lowest BCUT2D eigenvalue weighted by Crippen LogP contribution is -2.15. The third-order valence-electron chi connectivity index (χ3n) is 2.47. The molecule has 4 nitrogen and oxygen atoms in total. The molecule has 2 rings (SSSR count). The molecule has 2 heterocycles. The van der Waals surface area contributed by atoms with Crippen LogP contribution in [0, 0.1) is 5.41 Å². The van der Waals surface area contributed by atoms with Gasteiger partial charge in [0.05, 0.1) is 18.2 Å². The van der Waals surface area contributed by atoms with Gasteiger partial charge >= 0.3 is 0 Å². The van der Waals surface area contributed by atoms with Crippen molar-refractivity contribution in [3.63, 3.8) is 0 Å². The molecule has 0 spiro atoms. The highest BCUT2D eigenvalue weighted by Gasteiger charge is 2.15. The third-order valence-corrected chi connectivity index (χ3v) is 2.47. The van der Waals surface area contributed by atoms with Gasteiger partial charge in [-0.05, 0) is 17.5 Å². The van der Waals surface area contributed by atoms with Crippen LogP contribution in [-0.2, 0) is 6.54 Å². The molecule has 0 atom stereocenters. The fraction of sp³-hybridized carbons (Fsp3) is 0.385. The molecule has 0 bridgehead atoms. The van der Waals surface area contributed by atoms with E-state index in [2.05, 4.69) is 35.3 Å². The van der Waals surface area contributed by atoms with Crippen LogP contribution >= 0.6 is 0 Å². The van der Waals surface area contributed by atoms with Gasteiger partial charge in [0.2, 0.25) is 0 Å². The molecule has 0 unspecified atom stereocenters. The fourth-order valence-electron chi connectivity index (χ4n) is 1.82. The molecule has 0 amide bonds. The van der Waals surface area contributed by atoms with Crippen molar-refractivity contribution in [2.45, 2.75) is 27.3 Å². The number of nitrogens with two attached hydrogens (primary N) is 1. The van der Waals surface area contributed by atoms with Gasteiger partial charge in [-0.25, -0.2) is 9.97 Å². The molecule has 2 N–H and O–H groups in total. The van der Waals surface area contributed by atoms with E-state index < -0.39 is 0 Å². The van der Waals surface area contributed by atoms with E-state index in [9.17, 15) is 0 Å². The average Bonchev–Trinajstić information content (AvgIpc) is 2.64. The summed E-state index contributed by atoms with van der Waals surface area (Å²) in [5, 5.41) is 0. The van der Waals surface area contributed by atoms with Crippen LogP contribution in [0.4, 0.5) is 5.82 Å². The van der Waals surface area contributed by atoms with Gasteiger partial charge in [0.15, 0.2) is 0 Å². The second-order valence-electron chi connectivity index (χ2n) is 5.40. The molecule has 17 heavy (non-hydrogen) atoms. The topological polar surface area (TPSA) is 56.7 Å². The summed E-state index contributed by atoms with van der Waals surface area (Å²) in [4.78, 5) is 8.31. The van der Waals surface area contributed by atoms with Crippen molar-refractivity contribution < 1.29 is 0 Å². The second-order valence-corrected chi connectivity index (χ2v) is 5.40. The van der Waals surface area contributed by atoms with Gasteiger partial charge in [-0.3, -0.25) is 0 Å². The number of imidazole rings is 1. The molecule has 0 aliphatic carbocycles. The van der Waals surface area contributed by atoms with E-state index in [1.54, 1.807) is 6.20 Å². The number of rotatable bonds is 2. The first-order valence-corrected chi connectivity index (χ1v) is 5.68. The summed E-state index contributed by atoms with van der Waals surface area (Å²) in [6.07, 6.45) is 5.37. The lowest BCUT2D eigenvalue weighted by molar-refractivity contribution is 0.345. The smallest absolute Gasteiger partial charge is 0.132 e. The van der Waals surface area contributed by atoms with Crippen LogP contribution < -0.4 is 5.73 Å². The molecule has 0 saturated heterocycles. The molecule has 4 heteroatoms. The van der Waals surface area contributed by atoms with Gasteiger partial charge in [0, 0.05) is 18.3 Å². The van der Waals surface area contributed by atoms with Gasteiger partial charge in [-0.2, -0.15) is 0 Å². The van der Waals surface area contributed by atoms with Gasteiger partial charge < -0.3 is 10.3 Å². The van der Waals surface area contributed by atoms with Crippen LogP contribution in [-0.4, -0.2) is 14.5 Å². The molecule has 90 valence electrons. The van der Waals surface area contributed by atoms with E-state index in [-0.39, 0.29) is 5.41 Å². The van der Waals surface area contributed by atoms with Crippen LogP contribution in [0.1, 0.15) is 20.8 Å². The Balaban J connectivity index is 2.41. The lowest BCUT2D eigenvalue weighted by atomic mass is 9.96. The predicted molar refractivity (Wildman–Crippen MR) is 69.3 cm³/mol. The second kappa shape index (κ2) is 4.20. The van der Waals surface area contributed by atoms with Crippen molar-refractivity contribution in [1.82, 2.24) is 14.5 Å². The van der Waals surface area contributed by atoms with E-state index in [0.29, 0.717) is 5.82 Å². The van der Waals surface area contributed by atoms with Gasteiger partial charge in [-0.1, -0.05) is 20.8 Å². The zero-order valence-corrected chi connectivity index (χ0v) is 10.5. The highest BCUT2D eigenvalue weighted by Crippen LogP contribution is 2.26. The van der Waals surface area contributed by atoms with Crippen LogP contribution in [0.5, 0.6) is 0 Å². The largest absolute Gasteiger partial charge is 0.383 e. The SMILES string of the molecule is CC(C)(C)Cn1cncc1-c1cccnc1N. The lowest BCUT2D eigenvalue weighted by Gasteiger charge is -2.20. The monoisotopic (exact) mass is 230 g/mol. The Kier molecular flexibility index (Phi) is 2.88. The van der Waals surface area contributed by atoms with E-state index in [0.717, 1.165) is 17.8 Å². The first kappa shape index (κ1) is 11.6. The van der Waals surface area contributed by atoms with Crippen molar-refractivity contribution in [1.29, 1.82) is 0 Å². The van der Waals surface area contributed by atoms with Crippen molar-refractivity contribution in [3.8, 4) is 11.3 Å². The maximum absolute atomic E-state index is 5.89. The Hall–Kier alpha value is -1.84. The number of aromatic nitrogens is 3. The van der Waals surface area contributed by atoms with Crippen molar-refractivity contribution in [2.75, 3.05) is 5.73 Å². The number of nitrogen functional groups attached to an aromatic ring is 1. The summed E-state index contributed by atoms with van der Waals surface area (Å²) in [6.45, 7) is 7.49. The van der Waals surface area contributed by atoms with Crippen LogP contribution in [0.3, 0.4) is 0 Å². The molecule has 0 aliphatic heterocycles. The number of hydrogen-bond donors (Lipinski definition) is 1. The van der Waals surface area contributed by atoms with E-state index >= 15 is 0 Å². The van der Waals surface area contributed by atoms with Crippen molar-refractivity contribution in [3.05, 3.63) is 30.9 Å². The van der Waals surface area contributed by atoms with Gasteiger partial charge in [-0.15, -0.1) is 0 Å². The Morgan fingerprint density at radius 2 is 2.12 bits per heavy atom. The normalized spacial score (nSPS) is 11.7. The van der Waals surface area contributed by atoms with Crippen LogP contribution in [0.25, 0.3) is 11.3 Å². The predicted octanol–water partition coefficient (Wildman–Crippen LogP) is 2.57. The minimum atomic E-state index is 0.201. The Morgan fingerprint density at radius 3 is 2.76 bits per heavy atom. The molecule has 0 saturated carbocycles. The highest BCUT2D eigenvalue weighted by molar-refractivity contribution is 5.70. The van der Waals surface area contributed by atoms with Crippen LogP contribution in [0.2, 0.25) is 0 Å². The van der Waals surface area contributed by atoms with E-state index in [4.69, 9.17) is 5.73 Å². The van der Waals surface area contributed by atoms with Crippen molar-refractivity contribution >= 4 is 5.82 Å². The maximum Gasteiger partial charge on any atom is 0.132 e. The summed E-state index contributed by atoms with van der Waals surface area (Å²) in [6, 6.07) is 3.86. The fourth-order valence-corrected chi connectivity index (χ4v) is 1.82. The molecular formula is C13H18N4. The van der Waals surface area contributed by atoms with Crippen molar-refractivity contribution in [2.24, 2.45) is 5.41 Å². The maximum atomic E-state index is 5.89. The number of anilines is 1.